The van der Waals surface area contributed by atoms with Gasteiger partial charge >= 0.3 is 0 Å². The van der Waals surface area contributed by atoms with Crippen LogP contribution in [0.25, 0.3) is 5.69 Å². The molecule has 1 fully saturated rings. The molecule has 1 aromatic heterocycles. The lowest BCUT2D eigenvalue weighted by Gasteiger charge is -2.31. The molecule has 0 spiro atoms. The van der Waals surface area contributed by atoms with Crippen molar-refractivity contribution in [3.63, 3.8) is 0 Å². The predicted molar refractivity (Wildman–Crippen MR) is 120 cm³/mol. The molecule has 154 valence electrons. The number of aromatic nitrogens is 1. The van der Waals surface area contributed by atoms with Crippen LogP contribution in [0.15, 0.2) is 60.8 Å². The average Bonchev–Trinajstić information content (AvgIpc) is 3.34. The number of rotatable bonds is 4. The van der Waals surface area contributed by atoms with Crippen LogP contribution in [-0.4, -0.2) is 28.1 Å². The van der Waals surface area contributed by atoms with E-state index in [-0.39, 0.29) is 5.54 Å². The van der Waals surface area contributed by atoms with Gasteiger partial charge in [0.15, 0.2) is 0 Å². The maximum Gasteiger partial charge on any atom is 0.148 e. The molecule has 0 radical (unpaired) electrons. The molecule has 5 heteroatoms. The van der Waals surface area contributed by atoms with E-state index in [0.29, 0.717) is 17.3 Å². The largest absolute Gasteiger partial charge is 0.457 e. The first kappa shape index (κ1) is 20.1. The second-order valence-electron chi connectivity index (χ2n) is 8.84. The number of benzene rings is 2. The summed E-state index contributed by atoms with van der Waals surface area (Å²) < 4.78 is 7.77. The van der Waals surface area contributed by atoms with Crippen molar-refractivity contribution in [2.75, 3.05) is 18.8 Å². The third kappa shape index (κ3) is 3.92. The van der Waals surface area contributed by atoms with Crippen molar-refractivity contribution in [3.8, 4) is 23.3 Å². The molecule has 0 bridgehead atoms. The molecule has 0 aliphatic carbocycles. The first-order chi connectivity index (χ1) is 14.4. The standard InChI is InChI=1S/C25H28N4O/c1-25(2,3)28-14-13-18(16-28)22-17-29(23(15-26)24(22)27)19-9-11-21(12-10-19)30-20-7-5-4-6-8-20/h4-12,17-18H,13-14,16,27H2,1-3H3/t18-/m1/s1. The van der Waals surface area contributed by atoms with Gasteiger partial charge in [-0.1, -0.05) is 18.2 Å². The molecule has 4 rings (SSSR count). The highest BCUT2D eigenvalue weighted by molar-refractivity contribution is 5.62. The molecule has 1 atom stereocenters. The minimum Gasteiger partial charge on any atom is -0.457 e. The monoisotopic (exact) mass is 400 g/mol. The number of ether oxygens (including phenoxy) is 1. The summed E-state index contributed by atoms with van der Waals surface area (Å²) in [5.74, 6) is 1.89. The summed E-state index contributed by atoms with van der Waals surface area (Å²) in [5.41, 5.74) is 9.64. The van der Waals surface area contributed by atoms with E-state index in [2.05, 4.69) is 31.7 Å². The Morgan fingerprint density at radius 2 is 1.70 bits per heavy atom. The predicted octanol–water partition coefficient (Wildman–Crippen LogP) is 5.31. The first-order valence-corrected chi connectivity index (χ1v) is 10.4. The van der Waals surface area contributed by atoms with Gasteiger partial charge in [-0.15, -0.1) is 0 Å². The lowest BCUT2D eigenvalue weighted by molar-refractivity contribution is 0.173. The summed E-state index contributed by atoms with van der Waals surface area (Å²) in [6, 6.07) is 19.7. The van der Waals surface area contributed by atoms with Crippen molar-refractivity contribution in [2.45, 2.75) is 38.6 Å². The van der Waals surface area contributed by atoms with Crippen LogP contribution >= 0.6 is 0 Å². The summed E-state index contributed by atoms with van der Waals surface area (Å²) in [6.45, 7) is 8.73. The Balaban J connectivity index is 1.59. The summed E-state index contributed by atoms with van der Waals surface area (Å²) in [6.07, 6.45) is 3.10. The summed E-state index contributed by atoms with van der Waals surface area (Å²) in [5, 5.41) is 9.76. The van der Waals surface area contributed by atoms with E-state index in [4.69, 9.17) is 10.5 Å². The molecular weight excluding hydrogens is 372 g/mol. The van der Waals surface area contributed by atoms with E-state index in [9.17, 15) is 5.26 Å². The van der Waals surface area contributed by atoms with Crippen molar-refractivity contribution in [3.05, 3.63) is 72.1 Å². The molecule has 2 heterocycles. The summed E-state index contributed by atoms with van der Waals surface area (Å²) >= 11 is 0. The number of likely N-dealkylation sites (tertiary alicyclic amines) is 1. The van der Waals surface area contributed by atoms with Gasteiger partial charge in [0.25, 0.3) is 0 Å². The van der Waals surface area contributed by atoms with E-state index in [1.165, 1.54) is 0 Å². The van der Waals surface area contributed by atoms with Crippen LogP contribution in [0.2, 0.25) is 0 Å². The van der Waals surface area contributed by atoms with Gasteiger partial charge in [0, 0.05) is 29.9 Å². The average molecular weight is 401 g/mol. The second kappa shape index (κ2) is 7.89. The molecular formula is C25H28N4O. The van der Waals surface area contributed by atoms with Crippen molar-refractivity contribution < 1.29 is 4.74 Å². The molecule has 1 aliphatic heterocycles. The second-order valence-corrected chi connectivity index (χ2v) is 8.84. The number of hydrogen-bond acceptors (Lipinski definition) is 4. The van der Waals surface area contributed by atoms with E-state index in [0.717, 1.165) is 42.3 Å². The van der Waals surface area contributed by atoms with Crippen molar-refractivity contribution in [1.82, 2.24) is 9.47 Å². The third-order valence-corrected chi connectivity index (χ3v) is 5.85. The van der Waals surface area contributed by atoms with E-state index in [1.54, 1.807) is 0 Å². The van der Waals surface area contributed by atoms with Crippen molar-refractivity contribution >= 4 is 5.69 Å². The minimum atomic E-state index is 0.138. The highest BCUT2D eigenvalue weighted by Gasteiger charge is 2.33. The van der Waals surface area contributed by atoms with Gasteiger partial charge < -0.3 is 15.0 Å². The van der Waals surface area contributed by atoms with Crippen LogP contribution in [0.3, 0.4) is 0 Å². The lowest BCUT2D eigenvalue weighted by Crippen LogP contribution is -2.39. The topological polar surface area (TPSA) is 67.2 Å². The molecule has 0 unspecified atom stereocenters. The molecule has 2 N–H and O–H groups in total. The normalized spacial score (nSPS) is 17.1. The zero-order chi connectivity index (χ0) is 21.3. The van der Waals surface area contributed by atoms with Crippen molar-refractivity contribution in [1.29, 1.82) is 5.26 Å². The Hall–Kier alpha value is -3.23. The van der Waals surface area contributed by atoms with Gasteiger partial charge in [0.2, 0.25) is 0 Å². The molecule has 30 heavy (non-hydrogen) atoms. The molecule has 5 nitrogen and oxygen atoms in total. The van der Waals surface area contributed by atoms with E-state index in [1.807, 2.05) is 65.4 Å². The number of hydrogen-bond donors (Lipinski definition) is 1. The molecule has 3 aromatic rings. The first-order valence-electron chi connectivity index (χ1n) is 10.4. The van der Waals surface area contributed by atoms with E-state index < -0.39 is 0 Å². The van der Waals surface area contributed by atoms with E-state index >= 15 is 0 Å². The smallest absolute Gasteiger partial charge is 0.148 e. The number of nitrogen functional groups attached to an aromatic ring is 1. The highest BCUT2D eigenvalue weighted by Crippen LogP contribution is 2.37. The number of nitrogens with zero attached hydrogens (tertiary/aromatic N) is 3. The third-order valence-electron chi connectivity index (χ3n) is 5.85. The maximum absolute atomic E-state index is 9.76. The zero-order valence-corrected chi connectivity index (χ0v) is 17.8. The van der Waals surface area contributed by atoms with Crippen LogP contribution in [0.4, 0.5) is 5.69 Å². The highest BCUT2D eigenvalue weighted by atomic mass is 16.5. The Morgan fingerprint density at radius 3 is 2.30 bits per heavy atom. The Labute approximate surface area is 178 Å². The molecule has 0 saturated carbocycles. The fraction of sp³-hybridized carbons (Fsp3) is 0.320. The minimum absolute atomic E-state index is 0.138. The maximum atomic E-state index is 9.76. The van der Waals surface area contributed by atoms with Gasteiger partial charge in [-0.2, -0.15) is 5.26 Å². The lowest BCUT2D eigenvalue weighted by atomic mass is 9.99. The Bertz CT molecular complexity index is 1060. The van der Waals surface area contributed by atoms with Crippen LogP contribution < -0.4 is 10.5 Å². The van der Waals surface area contributed by atoms with Crippen LogP contribution in [-0.2, 0) is 0 Å². The number of nitrogens with two attached hydrogens (primary N) is 1. The van der Waals surface area contributed by atoms with Crippen LogP contribution in [0.1, 0.15) is 44.4 Å². The molecule has 2 aromatic carbocycles. The molecule has 1 aliphatic rings. The fourth-order valence-electron chi connectivity index (χ4n) is 4.11. The van der Waals surface area contributed by atoms with Crippen LogP contribution in [0.5, 0.6) is 11.5 Å². The van der Waals surface area contributed by atoms with Gasteiger partial charge in [-0.3, -0.25) is 4.90 Å². The van der Waals surface area contributed by atoms with Gasteiger partial charge in [0.05, 0.1) is 5.69 Å². The van der Waals surface area contributed by atoms with Crippen LogP contribution in [0, 0.1) is 11.3 Å². The number of anilines is 1. The van der Waals surface area contributed by atoms with Gasteiger partial charge in [-0.25, -0.2) is 0 Å². The van der Waals surface area contributed by atoms with Gasteiger partial charge in [0.1, 0.15) is 23.3 Å². The van der Waals surface area contributed by atoms with Gasteiger partial charge in [-0.05, 0) is 75.7 Å². The quantitative estimate of drug-likeness (QED) is 0.644. The molecule has 0 amide bonds. The Morgan fingerprint density at radius 1 is 1.03 bits per heavy atom. The fourth-order valence-corrected chi connectivity index (χ4v) is 4.11. The SMILES string of the molecule is CC(C)(C)N1CC[C@@H](c2cn(-c3ccc(Oc4ccccc4)cc3)c(C#N)c2N)C1. The zero-order valence-electron chi connectivity index (χ0n) is 17.8. The summed E-state index contributed by atoms with van der Waals surface area (Å²) in [7, 11) is 0. The van der Waals surface area contributed by atoms with Crippen molar-refractivity contribution in [2.24, 2.45) is 0 Å². The summed E-state index contributed by atoms with van der Waals surface area (Å²) in [4.78, 5) is 2.48. The number of nitriles is 1. The number of para-hydroxylation sites is 1. The Kier molecular flexibility index (Phi) is 5.27. The molecule has 1 saturated heterocycles.